The first kappa shape index (κ1) is 19.2. The second kappa shape index (κ2) is 8.09. The van der Waals surface area contributed by atoms with Crippen LogP contribution in [0.15, 0.2) is 24.3 Å². The van der Waals surface area contributed by atoms with Crippen LogP contribution in [0.3, 0.4) is 0 Å². The Hall–Kier alpha value is -2.12. The summed E-state index contributed by atoms with van der Waals surface area (Å²) in [6.45, 7) is 6.85. The van der Waals surface area contributed by atoms with Crippen LogP contribution in [0, 0.1) is 18.3 Å². The van der Waals surface area contributed by atoms with Crippen molar-refractivity contribution in [3.63, 3.8) is 0 Å². The Morgan fingerprint density at radius 1 is 1.00 bits per heavy atom. The van der Waals surface area contributed by atoms with Gasteiger partial charge in [-0.1, -0.05) is 17.7 Å². The van der Waals surface area contributed by atoms with Gasteiger partial charge in [-0.2, -0.15) is 0 Å². The number of carbonyl (C=O) groups is 2. The van der Waals surface area contributed by atoms with Crippen LogP contribution in [0.4, 0.5) is 10.5 Å². The zero-order chi connectivity index (χ0) is 19.6. The maximum Gasteiger partial charge on any atom is 0.321 e. The van der Waals surface area contributed by atoms with Crippen molar-refractivity contribution in [1.29, 1.82) is 0 Å². The van der Waals surface area contributed by atoms with Crippen LogP contribution < -0.4 is 5.32 Å². The Bertz CT molecular complexity index is 709. The van der Waals surface area contributed by atoms with Gasteiger partial charge in [-0.15, -0.1) is 0 Å². The summed E-state index contributed by atoms with van der Waals surface area (Å²) in [6, 6.07) is 7.63. The highest BCUT2D eigenvalue weighted by atomic mass is 16.5. The van der Waals surface area contributed by atoms with Crippen LogP contribution >= 0.6 is 0 Å². The monoisotopic (exact) mass is 387 g/mol. The molecule has 1 N–H and O–H groups in total. The molecule has 0 radical (unpaired) electrons. The molecular weight excluding hydrogens is 358 g/mol. The van der Waals surface area contributed by atoms with Gasteiger partial charge in [0.2, 0.25) is 5.91 Å². The Balaban J connectivity index is 1.49. The van der Waals surface area contributed by atoms with Crippen LogP contribution in [0.25, 0.3) is 0 Å². The number of carbonyl (C=O) groups excluding carboxylic acids is 2. The van der Waals surface area contributed by atoms with Gasteiger partial charge in [0.25, 0.3) is 0 Å². The smallest absolute Gasteiger partial charge is 0.321 e. The number of nitrogens with one attached hydrogen (secondary N) is 1. The van der Waals surface area contributed by atoms with Crippen molar-refractivity contribution in [3.05, 3.63) is 29.8 Å². The summed E-state index contributed by atoms with van der Waals surface area (Å²) < 4.78 is 11.0. The van der Waals surface area contributed by atoms with E-state index in [9.17, 15) is 9.59 Å². The fourth-order valence-corrected chi connectivity index (χ4v) is 4.59. The summed E-state index contributed by atoms with van der Waals surface area (Å²) in [4.78, 5) is 29.9. The number of aryl methyl sites for hydroxylation is 1. The van der Waals surface area contributed by atoms with Crippen LogP contribution in [0.1, 0.15) is 18.4 Å². The van der Waals surface area contributed by atoms with Crippen LogP contribution in [0.2, 0.25) is 0 Å². The molecule has 3 saturated heterocycles. The number of likely N-dealkylation sites (tertiary alicyclic amines) is 1. The van der Waals surface area contributed by atoms with Crippen molar-refractivity contribution in [2.45, 2.75) is 19.8 Å². The summed E-state index contributed by atoms with van der Waals surface area (Å²) in [5.41, 5.74) is 1.74. The molecule has 3 amide bonds. The Labute approximate surface area is 166 Å². The molecule has 0 aliphatic carbocycles. The lowest BCUT2D eigenvalue weighted by molar-refractivity contribution is -0.144. The van der Waals surface area contributed by atoms with E-state index in [1.165, 1.54) is 0 Å². The number of anilines is 1. The van der Waals surface area contributed by atoms with E-state index in [4.69, 9.17) is 9.47 Å². The van der Waals surface area contributed by atoms with E-state index in [1.807, 2.05) is 41.0 Å². The molecule has 0 saturated carbocycles. The van der Waals surface area contributed by atoms with Crippen LogP contribution in [0.5, 0.6) is 0 Å². The fraction of sp³-hybridized carbons (Fsp3) is 0.619. The van der Waals surface area contributed by atoms with Gasteiger partial charge in [0.05, 0.1) is 19.1 Å². The fourth-order valence-electron chi connectivity index (χ4n) is 4.59. The summed E-state index contributed by atoms with van der Waals surface area (Å²) in [5, 5.41) is 2.98. The molecular formula is C21H29N3O4. The molecule has 1 spiro atoms. The number of ether oxygens (including phenoxy) is 2. The lowest BCUT2D eigenvalue weighted by atomic mass is 9.71. The highest BCUT2D eigenvalue weighted by Gasteiger charge is 2.52. The molecule has 0 bridgehead atoms. The number of urea groups is 1. The highest BCUT2D eigenvalue weighted by molar-refractivity contribution is 5.91. The third-order valence-corrected chi connectivity index (χ3v) is 6.35. The molecule has 152 valence electrons. The lowest BCUT2D eigenvalue weighted by Crippen LogP contribution is -2.49. The molecule has 3 fully saturated rings. The normalized spacial score (nSPS) is 24.4. The van der Waals surface area contributed by atoms with Crippen molar-refractivity contribution in [2.75, 3.05) is 57.9 Å². The second-order valence-electron chi connectivity index (χ2n) is 8.14. The van der Waals surface area contributed by atoms with E-state index < -0.39 is 0 Å². The number of amides is 3. The maximum absolute atomic E-state index is 13.3. The molecule has 3 aliphatic heterocycles. The Kier molecular flexibility index (Phi) is 5.55. The second-order valence-corrected chi connectivity index (χ2v) is 8.14. The van der Waals surface area contributed by atoms with Crippen molar-refractivity contribution >= 4 is 17.6 Å². The van der Waals surface area contributed by atoms with Gasteiger partial charge >= 0.3 is 6.03 Å². The SMILES string of the molecule is Cc1ccc(NC(=O)N2CC(C(=O)N3CCOCC3)C3(CCOCC3)C2)cc1. The van der Waals surface area contributed by atoms with Gasteiger partial charge in [0.15, 0.2) is 0 Å². The zero-order valence-electron chi connectivity index (χ0n) is 16.5. The Morgan fingerprint density at radius 2 is 1.64 bits per heavy atom. The van der Waals surface area contributed by atoms with Gasteiger partial charge in [0.1, 0.15) is 0 Å². The number of hydrogen-bond donors (Lipinski definition) is 1. The molecule has 1 aromatic rings. The first-order valence-corrected chi connectivity index (χ1v) is 10.1. The number of rotatable bonds is 2. The zero-order valence-corrected chi connectivity index (χ0v) is 16.5. The van der Waals surface area contributed by atoms with Crippen molar-refractivity contribution < 1.29 is 19.1 Å². The van der Waals surface area contributed by atoms with Gasteiger partial charge in [-0.3, -0.25) is 4.79 Å². The average Bonchev–Trinajstić information content (AvgIpc) is 3.09. The summed E-state index contributed by atoms with van der Waals surface area (Å²) >= 11 is 0. The third-order valence-electron chi connectivity index (χ3n) is 6.35. The van der Waals surface area contributed by atoms with E-state index in [0.717, 1.165) is 24.1 Å². The first-order chi connectivity index (χ1) is 13.6. The van der Waals surface area contributed by atoms with Gasteiger partial charge in [-0.05, 0) is 31.9 Å². The number of benzene rings is 1. The van der Waals surface area contributed by atoms with E-state index in [0.29, 0.717) is 52.6 Å². The first-order valence-electron chi connectivity index (χ1n) is 10.1. The van der Waals surface area contributed by atoms with E-state index >= 15 is 0 Å². The Morgan fingerprint density at radius 3 is 2.32 bits per heavy atom. The lowest BCUT2D eigenvalue weighted by Gasteiger charge is -2.39. The third kappa shape index (κ3) is 3.86. The topological polar surface area (TPSA) is 71.1 Å². The van der Waals surface area contributed by atoms with Crippen molar-refractivity contribution in [2.24, 2.45) is 11.3 Å². The summed E-state index contributed by atoms with van der Waals surface area (Å²) in [5.74, 6) is -0.00546. The van der Waals surface area contributed by atoms with E-state index in [2.05, 4.69) is 5.32 Å². The molecule has 0 aromatic heterocycles. The number of nitrogens with zero attached hydrogens (tertiary/aromatic N) is 2. The van der Waals surface area contributed by atoms with Gasteiger partial charge in [-0.25, -0.2) is 4.79 Å². The molecule has 7 heteroatoms. The minimum atomic E-state index is -0.182. The standard InChI is InChI=1S/C21H29N3O4/c1-16-2-4-17(5-3-16)22-20(26)24-14-18(19(25)23-8-12-28-13-9-23)21(15-24)6-10-27-11-7-21/h2-5,18H,6-15H2,1H3,(H,22,26). The molecule has 3 aliphatic rings. The summed E-state index contributed by atoms with van der Waals surface area (Å²) in [7, 11) is 0. The predicted molar refractivity (Wildman–Crippen MR) is 105 cm³/mol. The molecule has 1 unspecified atom stereocenters. The van der Waals surface area contributed by atoms with Gasteiger partial charge < -0.3 is 24.6 Å². The molecule has 1 atom stereocenters. The quantitative estimate of drug-likeness (QED) is 0.844. The maximum atomic E-state index is 13.3. The molecule has 4 rings (SSSR count). The highest BCUT2D eigenvalue weighted by Crippen LogP contribution is 2.45. The molecule has 28 heavy (non-hydrogen) atoms. The average molecular weight is 387 g/mol. The van der Waals surface area contributed by atoms with E-state index in [1.54, 1.807) is 0 Å². The minimum Gasteiger partial charge on any atom is -0.381 e. The molecule has 7 nitrogen and oxygen atoms in total. The van der Waals surface area contributed by atoms with Crippen LogP contribution in [-0.4, -0.2) is 74.3 Å². The van der Waals surface area contributed by atoms with E-state index in [-0.39, 0.29) is 23.3 Å². The number of morpholine rings is 1. The minimum absolute atomic E-state index is 0.132. The van der Waals surface area contributed by atoms with Crippen molar-refractivity contribution in [3.8, 4) is 0 Å². The van der Waals surface area contributed by atoms with Gasteiger partial charge in [0, 0.05) is 50.5 Å². The predicted octanol–water partition coefficient (Wildman–Crippen LogP) is 2.11. The summed E-state index contributed by atoms with van der Waals surface area (Å²) in [6.07, 6.45) is 1.64. The largest absolute Gasteiger partial charge is 0.381 e. The van der Waals surface area contributed by atoms with Crippen LogP contribution in [-0.2, 0) is 14.3 Å². The molecule has 3 heterocycles. The molecule has 1 aromatic carbocycles. The number of hydrogen-bond acceptors (Lipinski definition) is 4. The van der Waals surface area contributed by atoms with Crippen molar-refractivity contribution in [1.82, 2.24) is 9.80 Å².